The van der Waals surface area contributed by atoms with Crippen molar-refractivity contribution in [3.63, 3.8) is 0 Å². The van der Waals surface area contributed by atoms with E-state index in [0.717, 1.165) is 18.9 Å². The van der Waals surface area contributed by atoms with Crippen LogP contribution in [0, 0.1) is 22.2 Å². The van der Waals surface area contributed by atoms with Gasteiger partial charge in [-0.1, -0.05) is 34.6 Å². The molecule has 1 rings (SSSR count). The zero-order chi connectivity index (χ0) is 16.1. The van der Waals surface area contributed by atoms with E-state index >= 15 is 0 Å². The van der Waals surface area contributed by atoms with Crippen molar-refractivity contribution in [1.82, 2.24) is 10.6 Å². The molecule has 1 fully saturated rings. The third-order valence-corrected chi connectivity index (χ3v) is 4.44. The summed E-state index contributed by atoms with van der Waals surface area (Å²) < 4.78 is 0. The molecule has 21 heavy (non-hydrogen) atoms. The van der Waals surface area contributed by atoms with Gasteiger partial charge in [0.2, 0.25) is 0 Å². The third-order valence-electron chi connectivity index (χ3n) is 4.44. The Kier molecular flexibility index (Phi) is 6.51. The summed E-state index contributed by atoms with van der Waals surface area (Å²) in [6, 6.07) is 0.647. The Morgan fingerprint density at radius 1 is 1.19 bits per heavy atom. The maximum atomic E-state index is 7.20. The predicted octanol–water partition coefficient (Wildman–Crippen LogP) is 3.08. The minimum absolute atomic E-state index is 0.0756. The van der Waals surface area contributed by atoms with Crippen LogP contribution in [0.3, 0.4) is 0 Å². The van der Waals surface area contributed by atoms with Crippen molar-refractivity contribution in [2.24, 2.45) is 22.5 Å². The highest BCUT2D eigenvalue weighted by molar-refractivity contribution is 5.74. The lowest BCUT2D eigenvalue weighted by Gasteiger charge is -2.37. The standard InChI is InChI=1S/C17H36N4/c1-16(2,3)10-13-6-7-14(21-12-13)11-17(4,5)8-9-20-15(18)19/h13-14,21H,6-12H2,1-5H3,(H4,18,19,20). The monoisotopic (exact) mass is 296 g/mol. The van der Waals surface area contributed by atoms with Gasteiger partial charge in [0.15, 0.2) is 5.96 Å². The van der Waals surface area contributed by atoms with Gasteiger partial charge in [0.1, 0.15) is 0 Å². The highest BCUT2D eigenvalue weighted by Crippen LogP contribution is 2.33. The van der Waals surface area contributed by atoms with Gasteiger partial charge in [-0.05, 0) is 55.4 Å². The van der Waals surface area contributed by atoms with Crippen LogP contribution in [-0.4, -0.2) is 25.1 Å². The second-order valence-corrected chi connectivity index (χ2v) is 8.77. The second-order valence-electron chi connectivity index (χ2n) is 8.77. The number of hydrogen-bond donors (Lipinski definition) is 4. The van der Waals surface area contributed by atoms with Gasteiger partial charge >= 0.3 is 0 Å². The van der Waals surface area contributed by atoms with Crippen LogP contribution in [0.4, 0.5) is 0 Å². The summed E-state index contributed by atoms with van der Waals surface area (Å²) in [5, 5.41) is 13.9. The van der Waals surface area contributed by atoms with Gasteiger partial charge in [-0.15, -0.1) is 0 Å². The van der Waals surface area contributed by atoms with Crippen molar-refractivity contribution in [3.8, 4) is 0 Å². The maximum absolute atomic E-state index is 7.20. The van der Waals surface area contributed by atoms with Crippen molar-refractivity contribution < 1.29 is 0 Å². The molecule has 0 aliphatic carbocycles. The maximum Gasteiger partial charge on any atom is 0.185 e. The quantitative estimate of drug-likeness (QED) is 0.449. The highest BCUT2D eigenvalue weighted by Gasteiger charge is 2.28. The molecule has 4 nitrogen and oxygen atoms in total. The normalized spacial score (nSPS) is 23.9. The Labute approximate surface area is 131 Å². The minimum atomic E-state index is 0.0756. The molecular formula is C17H36N4. The van der Waals surface area contributed by atoms with Gasteiger partial charge in [0.25, 0.3) is 0 Å². The first-order valence-electron chi connectivity index (χ1n) is 8.39. The molecule has 124 valence electrons. The van der Waals surface area contributed by atoms with Crippen molar-refractivity contribution in [2.45, 2.75) is 72.8 Å². The summed E-state index contributed by atoms with van der Waals surface area (Å²) in [5.74, 6) is 0.912. The lowest BCUT2D eigenvalue weighted by Crippen LogP contribution is -2.43. The number of piperidine rings is 1. The second kappa shape index (κ2) is 7.48. The zero-order valence-electron chi connectivity index (χ0n) is 14.7. The molecule has 5 N–H and O–H groups in total. The minimum Gasteiger partial charge on any atom is -0.370 e. The molecule has 0 aromatic rings. The van der Waals surface area contributed by atoms with Crippen molar-refractivity contribution in [1.29, 1.82) is 5.41 Å². The number of rotatable bonds is 6. The fraction of sp³-hybridized carbons (Fsp3) is 0.941. The molecular weight excluding hydrogens is 260 g/mol. The van der Waals surface area contributed by atoms with E-state index in [0.29, 0.717) is 11.5 Å². The van der Waals surface area contributed by atoms with E-state index in [-0.39, 0.29) is 11.4 Å². The van der Waals surface area contributed by atoms with Gasteiger partial charge in [-0.25, -0.2) is 0 Å². The summed E-state index contributed by atoms with van der Waals surface area (Å²) in [6.07, 6.45) is 6.23. The van der Waals surface area contributed by atoms with Gasteiger partial charge in [-0.2, -0.15) is 0 Å². The topological polar surface area (TPSA) is 73.9 Å². The van der Waals surface area contributed by atoms with E-state index in [2.05, 4.69) is 45.3 Å². The predicted molar refractivity (Wildman–Crippen MR) is 91.5 cm³/mol. The van der Waals surface area contributed by atoms with Crippen molar-refractivity contribution >= 4 is 5.96 Å². The first kappa shape index (κ1) is 18.3. The number of nitrogens with one attached hydrogen (secondary N) is 3. The summed E-state index contributed by atoms with van der Waals surface area (Å²) >= 11 is 0. The zero-order valence-corrected chi connectivity index (χ0v) is 14.7. The van der Waals surface area contributed by atoms with Crippen LogP contribution in [0.5, 0.6) is 0 Å². The van der Waals surface area contributed by atoms with Crippen molar-refractivity contribution in [3.05, 3.63) is 0 Å². The summed E-state index contributed by atoms with van der Waals surface area (Å²) in [5.41, 5.74) is 6.06. The molecule has 4 heteroatoms. The lowest BCUT2D eigenvalue weighted by molar-refractivity contribution is 0.186. The molecule has 1 saturated heterocycles. The highest BCUT2D eigenvalue weighted by atomic mass is 15.0. The van der Waals surface area contributed by atoms with E-state index < -0.39 is 0 Å². The SMILES string of the molecule is CC(C)(C)CC1CCC(CC(C)(C)CCNC(=N)N)NC1. The summed E-state index contributed by atoms with van der Waals surface area (Å²) in [4.78, 5) is 0. The lowest BCUT2D eigenvalue weighted by atomic mass is 9.76. The average molecular weight is 297 g/mol. The molecule has 1 aliphatic heterocycles. The largest absolute Gasteiger partial charge is 0.370 e. The molecule has 2 unspecified atom stereocenters. The summed E-state index contributed by atoms with van der Waals surface area (Å²) in [6.45, 7) is 13.6. The Hall–Kier alpha value is -0.770. The van der Waals surface area contributed by atoms with Gasteiger partial charge in [0, 0.05) is 12.6 Å². The molecule has 0 saturated carbocycles. The Morgan fingerprint density at radius 3 is 2.33 bits per heavy atom. The fourth-order valence-corrected chi connectivity index (χ4v) is 3.49. The smallest absolute Gasteiger partial charge is 0.185 e. The Bertz CT molecular complexity index is 322. The molecule has 0 aromatic carbocycles. The number of guanidine groups is 1. The summed E-state index contributed by atoms with van der Waals surface area (Å²) in [7, 11) is 0. The molecule has 0 spiro atoms. The van der Waals surface area contributed by atoms with Crippen LogP contribution >= 0.6 is 0 Å². The molecule has 0 amide bonds. The van der Waals surface area contributed by atoms with E-state index in [1.54, 1.807) is 0 Å². The van der Waals surface area contributed by atoms with Crippen LogP contribution in [0.25, 0.3) is 0 Å². The van der Waals surface area contributed by atoms with E-state index in [9.17, 15) is 0 Å². The number of nitrogens with two attached hydrogens (primary N) is 1. The molecule has 2 atom stereocenters. The van der Waals surface area contributed by atoms with Crippen LogP contribution < -0.4 is 16.4 Å². The third kappa shape index (κ3) is 8.30. The van der Waals surface area contributed by atoms with Crippen LogP contribution in [0.1, 0.15) is 66.7 Å². The Morgan fingerprint density at radius 2 is 1.86 bits per heavy atom. The first-order valence-corrected chi connectivity index (χ1v) is 8.39. The van der Waals surface area contributed by atoms with Crippen LogP contribution in [-0.2, 0) is 0 Å². The van der Waals surface area contributed by atoms with Gasteiger partial charge < -0.3 is 16.4 Å². The van der Waals surface area contributed by atoms with E-state index in [4.69, 9.17) is 11.1 Å². The van der Waals surface area contributed by atoms with E-state index in [1.165, 1.54) is 32.2 Å². The first-order chi connectivity index (χ1) is 9.57. The van der Waals surface area contributed by atoms with Crippen molar-refractivity contribution in [2.75, 3.05) is 13.1 Å². The molecule has 0 bridgehead atoms. The number of hydrogen-bond acceptors (Lipinski definition) is 2. The van der Waals surface area contributed by atoms with E-state index in [1.807, 2.05) is 0 Å². The Balaban J connectivity index is 2.29. The van der Waals surface area contributed by atoms with Crippen LogP contribution in [0.15, 0.2) is 0 Å². The molecule has 0 radical (unpaired) electrons. The van der Waals surface area contributed by atoms with Crippen LogP contribution in [0.2, 0.25) is 0 Å². The average Bonchev–Trinajstić information content (AvgIpc) is 2.28. The molecule has 1 aliphatic rings. The fourth-order valence-electron chi connectivity index (χ4n) is 3.49. The molecule has 1 heterocycles. The van der Waals surface area contributed by atoms with Gasteiger partial charge in [-0.3, -0.25) is 5.41 Å². The van der Waals surface area contributed by atoms with Gasteiger partial charge in [0.05, 0.1) is 0 Å². The molecule has 0 aromatic heterocycles.